The van der Waals surface area contributed by atoms with E-state index in [4.69, 9.17) is 0 Å². The minimum atomic E-state index is 0.310. The minimum absolute atomic E-state index is 0.310. The number of carbonyl (C=O) groups excluding carboxylic acids is 1. The summed E-state index contributed by atoms with van der Waals surface area (Å²) in [4.78, 5) is 12.3. The van der Waals surface area contributed by atoms with Crippen LogP contribution in [-0.4, -0.2) is 5.78 Å². The van der Waals surface area contributed by atoms with E-state index in [0.717, 1.165) is 22.9 Å². The molecule has 0 radical (unpaired) electrons. The summed E-state index contributed by atoms with van der Waals surface area (Å²) in [6.07, 6.45) is 9.24. The van der Waals surface area contributed by atoms with Crippen molar-refractivity contribution in [1.82, 2.24) is 0 Å². The summed E-state index contributed by atoms with van der Waals surface area (Å²) >= 11 is 3.46. The molecule has 1 fully saturated rings. The van der Waals surface area contributed by atoms with E-state index in [1.807, 2.05) is 18.2 Å². The highest BCUT2D eigenvalue weighted by Gasteiger charge is 2.19. The van der Waals surface area contributed by atoms with Crippen molar-refractivity contribution >= 4 is 21.7 Å². The van der Waals surface area contributed by atoms with Crippen molar-refractivity contribution in [2.24, 2.45) is 5.92 Å². The quantitative estimate of drug-likeness (QED) is 0.774. The second-order valence-corrected chi connectivity index (χ2v) is 6.23. The summed E-state index contributed by atoms with van der Waals surface area (Å²) in [5.41, 5.74) is 1.14. The number of rotatable bonds is 3. The van der Waals surface area contributed by atoms with Crippen molar-refractivity contribution in [3.8, 4) is 0 Å². The van der Waals surface area contributed by atoms with Crippen LogP contribution in [0.1, 0.15) is 50.5 Å². The Morgan fingerprint density at radius 3 is 2.44 bits per heavy atom. The number of Topliss-reactive ketones (excluding diaryl/α,β-unsaturated/α-hetero) is 1. The van der Waals surface area contributed by atoms with Crippen LogP contribution in [0.15, 0.2) is 28.7 Å². The number of benzene rings is 1. The smallest absolute Gasteiger partial charge is 0.140 e. The molecule has 0 N–H and O–H groups in total. The molecule has 0 amide bonds. The number of hydrogen-bond acceptors (Lipinski definition) is 1. The maximum atomic E-state index is 12.3. The maximum absolute atomic E-state index is 12.3. The monoisotopic (exact) mass is 308 g/mol. The molecule has 1 nitrogen and oxygen atoms in total. The highest BCUT2D eigenvalue weighted by molar-refractivity contribution is 9.10. The van der Waals surface area contributed by atoms with Crippen LogP contribution in [0.5, 0.6) is 0 Å². The van der Waals surface area contributed by atoms with Gasteiger partial charge in [0.2, 0.25) is 0 Å². The van der Waals surface area contributed by atoms with E-state index in [0.29, 0.717) is 18.1 Å². The summed E-state index contributed by atoms with van der Waals surface area (Å²) in [5, 5.41) is 0. The van der Waals surface area contributed by atoms with Crippen LogP contribution in [0.4, 0.5) is 0 Å². The molecule has 1 aromatic carbocycles. The topological polar surface area (TPSA) is 17.1 Å². The molecule has 0 bridgehead atoms. The maximum Gasteiger partial charge on any atom is 0.140 e. The molecule has 1 aliphatic carbocycles. The summed E-state index contributed by atoms with van der Waals surface area (Å²) in [6.45, 7) is 0. The van der Waals surface area contributed by atoms with Crippen molar-refractivity contribution in [2.45, 2.75) is 51.4 Å². The van der Waals surface area contributed by atoms with Crippen LogP contribution in [0.3, 0.4) is 0 Å². The Morgan fingerprint density at radius 2 is 1.78 bits per heavy atom. The van der Waals surface area contributed by atoms with Crippen LogP contribution < -0.4 is 0 Å². The van der Waals surface area contributed by atoms with Crippen molar-refractivity contribution in [1.29, 1.82) is 0 Å². The first-order valence-corrected chi connectivity index (χ1v) is 7.82. The predicted molar refractivity (Wildman–Crippen MR) is 78.7 cm³/mol. The van der Waals surface area contributed by atoms with Gasteiger partial charge in [-0.25, -0.2) is 0 Å². The van der Waals surface area contributed by atoms with Gasteiger partial charge in [0.05, 0.1) is 0 Å². The molecule has 0 spiro atoms. The predicted octanol–water partition coefficient (Wildman–Crippen LogP) is 4.92. The molecule has 98 valence electrons. The fourth-order valence-electron chi connectivity index (χ4n) is 2.77. The fraction of sp³-hybridized carbons (Fsp3) is 0.562. The second kappa shape index (κ2) is 7.08. The molecule has 0 unspecified atom stereocenters. The highest BCUT2D eigenvalue weighted by atomic mass is 79.9. The lowest BCUT2D eigenvalue weighted by atomic mass is 9.86. The van der Waals surface area contributed by atoms with Crippen molar-refractivity contribution in [3.05, 3.63) is 34.3 Å². The van der Waals surface area contributed by atoms with Gasteiger partial charge in [-0.2, -0.15) is 0 Å². The highest BCUT2D eigenvalue weighted by Crippen LogP contribution is 2.24. The van der Waals surface area contributed by atoms with Crippen molar-refractivity contribution in [2.75, 3.05) is 0 Å². The van der Waals surface area contributed by atoms with Crippen LogP contribution in [0, 0.1) is 5.92 Å². The van der Waals surface area contributed by atoms with Gasteiger partial charge in [0.15, 0.2) is 0 Å². The van der Waals surface area contributed by atoms with Gasteiger partial charge in [0.25, 0.3) is 0 Å². The van der Waals surface area contributed by atoms with Crippen LogP contribution in [0.25, 0.3) is 0 Å². The summed E-state index contributed by atoms with van der Waals surface area (Å²) < 4.78 is 1.06. The summed E-state index contributed by atoms with van der Waals surface area (Å²) in [6, 6.07) is 8.11. The molecule has 0 aromatic heterocycles. The molecule has 1 aromatic rings. The standard InChI is InChI=1S/C16H21BrO/c17-15-10-6-7-13(11-15)12-16(18)14-8-4-2-1-3-5-9-14/h6-7,10-11,14H,1-5,8-9,12H2. The van der Waals surface area contributed by atoms with Gasteiger partial charge in [0, 0.05) is 16.8 Å². The first-order valence-electron chi connectivity index (χ1n) is 7.03. The average molecular weight is 309 g/mol. The third kappa shape index (κ3) is 4.24. The third-order valence-corrected chi connectivity index (χ3v) is 4.32. The van der Waals surface area contributed by atoms with Crippen molar-refractivity contribution < 1.29 is 4.79 Å². The zero-order valence-corrected chi connectivity index (χ0v) is 12.4. The lowest BCUT2D eigenvalue weighted by Gasteiger charge is -2.18. The molecule has 0 saturated heterocycles. The molecule has 0 heterocycles. The van der Waals surface area contributed by atoms with Gasteiger partial charge in [-0.15, -0.1) is 0 Å². The number of hydrogen-bond donors (Lipinski definition) is 0. The lowest BCUT2D eigenvalue weighted by Crippen LogP contribution is -2.18. The normalized spacial score (nSPS) is 18.1. The molecular formula is C16H21BrO. The van der Waals surface area contributed by atoms with E-state index in [9.17, 15) is 4.79 Å². The van der Waals surface area contributed by atoms with Crippen molar-refractivity contribution in [3.63, 3.8) is 0 Å². The fourth-order valence-corrected chi connectivity index (χ4v) is 3.22. The second-order valence-electron chi connectivity index (χ2n) is 5.32. The average Bonchev–Trinajstić information content (AvgIpc) is 2.28. The summed E-state index contributed by atoms with van der Waals surface area (Å²) in [5.74, 6) is 0.749. The number of ketones is 1. The Kier molecular flexibility index (Phi) is 5.43. The molecule has 1 saturated carbocycles. The Hall–Kier alpha value is -0.630. The first kappa shape index (κ1) is 13.8. The lowest BCUT2D eigenvalue weighted by molar-refractivity contribution is -0.122. The Labute approximate surface area is 118 Å². The zero-order chi connectivity index (χ0) is 12.8. The first-order chi connectivity index (χ1) is 8.75. The van der Waals surface area contributed by atoms with Gasteiger partial charge >= 0.3 is 0 Å². The Bertz CT molecular complexity index is 392. The van der Waals surface area contributed by atoms with Crippen LogP contribution >= 0.6 is 15.9 Å². The van der Waals surface area contributed by atoms with Gasteiger partial charge in [-0.05, 0) is 30.5 Å². The molecule has 0 aliphatic heterocycles. The molecule has 0 atom stereocenters. The molecule has 2 rings (SSSR count). The van der Waals surface area contributed by atoms with E-state index in [1.165, 1.54) is 32.1 Å². The Morgan fingerprint density at radius 1 is 1.11 bits per heavy atom. The summed E-state index contributed by atoms with van der Waals surface area (Å²) in [7, 11) is 0. The van der Waals surface area contributed by atoms with Gasteiger partial charge < -0.3 is 0 Å². The third-order valence-electron chi connectivity index (χ3n) is 3.83. The SMILES string of the molecule is O=C(Cc1cccc(Br)c1)C1CCCCCCC1. The van der Waals surface area contributed by atoms with E-state index < -0.39 is 0 Å². The van der Waals surface area contributed by atoms with Crippen LogP contribution in [-0.2, 0) is 11.2 Å². The molecular weight excluding hydrogens is 288 g/mol. The van der Waals surface area contributed by atoms with E-state index in [1.54, 1.807) is 0 Å². The van der Waals surface area contributed by atoms with Gasteiger partial charge in [-0.1, -0.05) is 60.2 Å². The van der Waals surface area contributed by atoms with Crippen LogP contribution in [0.2, 0.25) is 0 Å². The van der Waals surface area contributed by atoms with Gasteiger partial charge in [-0.3, -0.25) is 4.79 Å². The number of halogens is 1. The molecule has 18 heavy (non-hydrogen) atoms. The largest absolute Gasteiger partial charge is 0.299 e. The molecule has 2 heteroatoms. The minimum Gasteiger partial charge on any atom is -0.299 e. The zero-order valence-electron chi connectivity index (χ0n) is 10.8. The van der Waals surface area contributed by atoms with E-state index >= 15 is 0 Å². The van der Waals surface area contributed by atoms with E-state index in [-0.39, 0.29) is 0 Å². The van der Waals surface area contributed by atoms with Gasteiger partial charge in [0.1, 0.15) is 5.78 Å². The number of carbonyl (C=O) groups is 1. The van der Waals surface area contributed by atoms with E-state index in [2.05, 4.69) is 22.0 Å². The molecule has 1 aliphatic rings. The Balaban J connectivity index is 1.93.